The second-order valence-corrected chi connectivity index (χ2v) is 8.08. The van der Waals surface area contributed by atoms with Crippen LogP contribution in [0.5, 0.6) is 5.75 Å². The number of halogens is 1. The Morgan fingerprint density at radius 3 is 2.22 bits per heavy atom. The predicted molar refractivity (Wildman–Crippen MR) is 133 cm³/mol. The number of methoxy groups -OCH3 is 1. The molecule has 0 unspecified atom stereocenters. The highest BCUT2D eigenvalue weighted by atomic mass is 19.1. The fourth-order valence-electron chi connectivity index (χ4n) is 3.60. The lowest BCUT2D eigenvalue weighted by molar-refractivity contribution is 0.415. The molecular formula is C27H37FN2O2. The Hall–Kier alpha value is -2.66. The molecule has 4 nitrogen and oxygen atoms in total. The van der Waals surface area contributed by atoms with Crippen molar-refractivity contribution in [3.63, 3.8) is 0 Å². The molecule has 5 heteroatoms. The molecule has 0 aliphatic heterocycles. The highest BCUT2D eigenvalue weighted by molar-refractivity contribution is 5.87. The molecule has 2 N–H and O–H groups in total. The van der Waals surface area contributed by atoms with Crippen molar-refractivity contribution in [2.75, 3.05) is 13.7 Å². The van der Waals surface area contributed by atoms with Crippen LogP contribution >= 0.6 is 0 Å². The summed E-state index contributed by atoms with van der Waals surface area (Å²) in [5.74, 6) is 0.240. The number of aromatic nitrogens is 1. The van der Waals surface area contributed by atoms with Crippen LogP contribution in [0.25, 0.3) is 22.0 Å². The summed E-state index contributed by atoms with van der Waals surface area (Å²) in [7, 11) is 1.60. The van der Waals surface area contributed by atoms with Crippen molar-refractivity contribution in [2.24, 2.45) is 5.73 Å². The summed E-state index contributed by atoms with van der Waals surface area (Å²) in [4.78, 5) is 13.1. The van der Waals surface area contributed by atoms with E-state index in [1.54, 1.807) is 13.2 Å². The first-order chi connectivity index (χ1) is 15.5. The van der Waals surface area contributed by atoms with Gasteiger partial charge in [-0.1, -0.05) is 57.7 Å². The molecule has 0 atom stereocenters. The first kappa shape index (κ1) is 25.6. The Labute approximate surface area is 191 Å². The maximum Gasteiger partial charge on any atom is 0.200 e. The van der Waals surface area contributed by atoms with E-state index in [2.05, 4.69) is 13.8 Å². The molecule has 2 aromatic carbocycles. The smallest absolute Gasteiger partial charge is 0.200 e. The van der Waals surface area contributed by atoms with Gasteiger partial charge in [0.25, 0.3) is 0 Å². The third-order valence-corrected chi connectivity index (χ3v) is 5.63. The molecule has 3 rings (SSSR count). The van der Waals surface area contributed by atoms with Crippen molar-refractivity contribution >= 4 is 10.9 Å². The minimum absolute atomic E-state index is 0.162. The Morgan fingerprint density at radius 1 is 0.969 bits per heavy atom. The minimum atomic E-state index is -0.474. The molecule has 0 radical (unpaired) electrons. The Morgan fingerprint density at radius 2 is 1.62 bits per heavy atom. The zero-order chi connectivity index (χ0) is 23.5. The third kappa shape index (κ3) is 6.42. The first-order valence-electron chi connectivity index (χ1n) is 11.6. The van der Waals surface area contributed by atoms with Gasteiger partial charge < -0.3 is 15.0 Å². The number of hydrogen-bond acceptors (Lipinski definition) is 3. The van der Waals surface area contributed by atoms with Crippen molar-refractivity contribution in [2.45, 2.75) is 65.8 Å². The lowest BCUT2D eigenvalue weighted by Crippen LogP contribution is -2.15. The van der Waals surface area contributed by atoms with E-state index in [1.165, 1.54) is 18.9 Å². The van der Waals surface area contributed by atoms with Gasteiger partial charge in [0.2, 0.25) is 0 Å². The quantitative estimate of drug-likeness (QED) is 0.389. The number of benzene rings is 2. The van der Waals surface area contributed by atoms with Crippen molar-refractivity contribution in [1.82, 2.24) is 4.57 Å². The van der Waals surface area contributed by atoms with E-state index in [0.717, 1.165) is 43.4 Å². The molecule has 3 aromatic rings. The second kappa shape index (κ2) is 13.0. The van der Waals surface area contributed by atoms with Gasteiger partial charge in [0.1, 0.15) is 11.6 Å². The molecule has 1 heterocycles. The van der Waals surface area contributed by atoms with Crippen molar-refractivity contribution in [3.8, 4) is 16.9 Å². The van der Waals surface area contributed by atoms with Gasteiger partial charge in [0.05, 0.1) is 18.0 Å². The average Bonchev–Trinajstić information content (AvgIpc) is 2.82. The molecule has 1 aromatic heterocycles. The van der Waals surface area contributed by atoms with Crippen molar-refractivity contribution in [1.29, 1.82) is 0 Å². The maximum atomic E-state index is 14.7. The van der Waals surface area contributed by atoms with Crippen LogP contribution in [0.3, 0.4) is 0 Å². The third-order valence-electron chi connectivity index (χ3n) is 5.63. The number of aryl methyl sites for hydroxylation is 2. The molecule has 0 bridgehead atoms. The standard InChI is InChI=1S/C23H27FN2O2.C4H10/c1-16-7-12-20(24)21-22(16)26(14-6-4-3-5-13-25)15-19(23(21)27)17-8-10-18(28-2)11-9-17;1-3-4-2/h7-12,15H,3-6,13-14,25H2,1-2H3;3-4H2,1-2H3. The summed E-state index contributed by atoms with van der Waals surface area (Å²) in [6.45, 7) is 7.71. The number of rotatable bonds is 9. The monoisotopic (exact) mass is 440 g/mol. The summed E-state index contributed by atoms with van der Waals surface area (Å²) < 4.78 is 21.9. The molecular weight excluding hydrogens is 403 g/mol. The number of fused-ring (bicyclic) bond motifs is 1. The molecule has 0 amide bonds. The Balaban J connectivity index is 0.000000837. The molecule has 0 aliphatic rings. The number of unbranched alkanes of at least 4 members (excludes halogenated alkanes) is 4. The summed E-state index contributed by atoms with van der Waals surface area (Å²) in [5.41, 5.74) is 8.12. The zero-order valence-corrected chi connectivity index (χ0v) is 19.9. The van der Waals surface area contributed by atoms with Crippen LogP contribution in [0.4, 0.5) is 4.39 Å². The summed E-state index contributed by atoms with van der Waals surface area (Å²) in [6.07, 6.45) is 8.60. The number of ether oxygens (including phenoxy) is 1. The van der Waals surface area contributed by atoms with Gasteiger partial charge in [0, 0.05) is 18.3 Å². The van der Waals surface area contributed by atoms with Crippen LogP contribution in [0.15, 0.2) is 47.4 Å². The van der Waals surface area contributed by atoms with E-state index in [1.807, 2.05) is 42.0 Å². The molecule has 32 heavy (non-hydrogen) atoms. The summed E-state index contributed by atoms with van der Waals surface area (Å²) >= 11 is 0. The van der Waals surface area contributed by atoms with Crippen LogP contribution in [-0.4, -0.2) is 18.2 Å². The van der Waals surface area contributed by atoms with Crippen LogP contribution in [0.1, 0.15) is 57.9 Å². The molecule has 0 saturated carbocycles. The topological polar surface area (TPSA) is 57.2 Å². The molecule has 0 saturated heterocycles. The fourth-order valence-corrected chi connectivity index (χ4v) is 3.60. The number of pyridine rings is 1. The fraction of sp³-hybridized carbons (Fsp3) is 0.444. The lowest BCUT2D eigenvalue weighted by Gasteiger charge is -2.16. The van der Waals surface area contributed by atoms with E-state index < -0.39 is 5.82 Å². The number of hydrogen-bond donors (Lipinski definition) is 1. The number of nitrogens with zero attached hydrogens (tertiary/aromatic N) is 1. The van der Waals surface area contributed by atoms with Crippen molar-refractivity contribution in [3.05, 3.63) is 64.2 Å². The summed E-state index contributed by atoms with van der Waals surface area (Å²) in [5, 5.41) is 0.162. The highest BCUT2D eigenvalue weighted by Gasteiger charge is 2.16. The highest BCUT2D eigenvalue weighted by Crippen LogP contribution is 2.26. The zero-order valence-electron chi connectivity index (χ0n) is 19.9. The average molecular weight is 441 g/mol. The van der Waals surface area contributed by atoms with Gasteiger partial charge in [-0.05, 0) is 55.6 Å². The van der Waals surface area contributed by atoms with Crippen LogP contribution < -0.4 is 15.9 Å². The van der Waals surface area contributed by atoms with Gasteiger partial charge in [-0.3, -0.25) is 4.79 Å². The lowest BCUT2D eigenvalue weighted by atomic mass is 10.0. The van der Waals surface area contributed by atoms with Crippen LogP contribution in [0, 0.1) is 12.7 Å². The van der Waals surface area contributed by atoms with E-state index in [0.29, 0.717) is 23.4 Å². The van der Waals surface area contributed by atoms with Gasteiger partial charge in [-0.2, -0.15) is 0 Å². The Kier molecular flexibility index (Phi) is 10.4. The first-order valence-corrected chi connectivity index (χ1v) is 11.6. The predicted octanol–water partition coefficient (Wildman–Crippen LogP) is 6.45. The van der Waals surface area contributed by atoms with Gasteiger partial charge in [0.15, 0.2) is 5.43 Å². The van der Waals surface area contributed by atoms with E-state index in [9.17, 15) is 9.18 Å². The van der Waals surface area contributed by atoms with Gasteiger partial charge >= 0.3 is 0 Å². The Bertz CT molecular complexity index is 1040. The van der Waals surface area contributed by atoms with Gasteiger partial charge in [-0.15, -0.1) is 0 Å². The molecule has 0 fully saturated rings. The summed E-state index contributed by atoms with van der Waals surface area (Å²) in [6, 6.07) is 10.4. The second-order valence-electron chi connectivity index (χ2n) is 8.08. The molecule has 0 spiro atoms. The van der Waals surface area contributed by atoms with E-state index in [4.69, 9.17) is 10.5 Å². The number of nitrogens with two attached hydrogens (primary N) is 1. The van der Waals surface area contributed by atoms with Gasteiger partial charge in [-0.25, -0.2) is 4.39 Å². The largest absolute Gasteiger partial charge is 0.497 e. The maximum absolute atomic E-state index is 14.7. The van der Waals surface area contributed by atoms with Crippen molar-refractivity contribution < 1.29 is 9.13 Å². The SMILES string of the molecule is CCCC.COc1ccc(-c2cn(CCCCCCN)c3c(C)ccc(F)c3c2=O)cc1. The normalized spacial score (nSPS) is 10.7. The minimum Gasteiger partial charge on any atom is -0.497 e. The van der Waals surface area contributed by atoms with Crippen LogP contribution in [0.2, 0.25) is 0 Å². The molecule has 0 aliphatic carbocycles. The molecule has 174 valence electrons. The van der Waals surface area contributed by atoms with Crippen LogP contribution in [-0.2, 0) is 6.54 Å². The van der Waals surface area contributed by atoms with E-state index >= 15 is 0 Å². The van der Waals surface area contributed by atoms with E-state index in [-0.39, 0.29) is 10.8 Å².